The fourth-order valence-corrected chi connectivity index (χ4v) is 6.57. The summed E-state index contributed by atoms with van der Waals surface area (Å²) in [6, 6.07) is 7.28. The van der Waals surface area contributed by atoms with Gasteiger partial charge in [-0.2, -0.15) is 11.8 Å². The molecule has 1 aliphatic carbocycles. The number of carbonyl (C=O) groups is 1. The van der Waals surface area contributed by atoms with Gasteiger partial charge in [0.15, 0.2) is 0 Å². The van der Waals surface area contributed by atoms with Gasteiger partial charge in [0.2, 0.25) is 5.72 Å². The average Bonchev–Trinajstić information content (AvgIpc) is 3.16. The summed E-state index contributed by atoms with van der Waals surface area (Å²) >= 11 is 1.64. The quantitative estimate of drug-likeness (QED) is 0.344. The molecular formula is C27H42FN3O3S. The van der Waals surface area contributed by atoms with Crippen molar-refractivity contribution in [1.29, 1.82) is 0 Å². The molecule has 0 N–H and O–H groups in total. The highest BCUT2D eigenvalue weighted by molar-refractivity contribution is 7.98. The van der Waals surface area contributed by atoms with E-state index in [-0.39, 0.29) is 17.9 Å². The first-order chi connectivity index (χ1) is 16.8. The van der Waals surface area contributed by atoms with Crippen molar-refractivity contribution in [3.05, 3.63) is 35.6 Å². The second-order valence-electron chi connectivity index (χ2n) is 10.2. The van der Waals surface area contributed by atoms with Crippen molar-refractivity contribution in [1.82, 2.24) is 9.80 Å². The van der Waals surface area contributed by atoms with Crippen LogP contribution in [-0.2, 0) is 9.47 Å². The lowest BCUT2D eigenvalue weighted by molar-refractivity contribution is -0.0434. The van der Waals surface area contributed by atoms with Crippen molar-refractivity contribution in [3.8, 4) is 0 Å². The number of unbranched alkanes of at least 4 members (excludes halogenated alkanes) is 1. The largest absolute Gasteiger partial charge is 0.510 e. The number of thioether (sulfide) groups is 1. The number of aliphatic imine (C=N–C) groups is 1. The van der Waals surface area contributed by atoms with Gasteiger partial charge in [0.25, 0.3) is 0 Å². The minimum atomic E-state index is -0.905. The zero-order chi connectivity index (χ0) is 25.4. The molecule has 0 aromatic heterocycles. The van der Waals surface area contributed by atoms with Gasteiger partial charge in [0.1, 0.15) is 5.82 Å². The third-order valence-corrected chi connectivity index (χ3v) is 8.26. The van der Waals surface area contributed by atoms with Gasteiger partial charge < -0.3 is 19.3 Å². The van der Waals surface area contributed by atoms with Crippen LogP contribution in [0.1, 0.15) is 63.5 Å². The van der Waals surface area contributed by atoms with E-state index in [9.17, 15) is 9.18 Å². The molecule has 0 amide bonds. The molecule has 0 bridgehead atoms. The molecule has 8 heteroatoms. The summed E-state index contributed by atoms with van der Waals surface area (Å²) in [6.07, 6.45) is 10.9. The van der Waals surface area contributed by atoms with Crippen molar-refractivity contribution in [2.75, 3.05) is 39.8 Å². The summed E-state index contributed by atoms with van der Waals surface area (Å²) in [5.41, 5.74) is 0.275. The number of hydrogen-bond donors (Lipinski definition) is 0. The average molecular weight is 508 g/mol. The fourth-order valence-electron chi connectivity index (χ4n) is 5.83. The lowest BCUT2D eigenvalue weighted by Gasteiger charge is -2.41. The molecule has 0 saturated heterocycles. The van der Waals surface area contributed by atoms with Gasteiger partial charge in [-0.15, -0.1) is 0 Å². The van der Waals surface area contributed by atoms with Crippen LogP contribution in [0.2, 0.25) is 0 Å². The first kappa shape index (κ1) is 27.8. The molecule has 196 valence electrons. The van der Waals surface area contributed by atoms with Gasteiger partial charge in [-0.25, -0.2) is 14.2 Å². The van der Waals surface area contributed by atoms with Crippen LogP contribution in [0.5, 0.6) is 0 Å². The molecule has 2 aliphatic rings. The lowest BCUT2D eigenvalue weighted by Crippen LogP contribution is -2.51. The second kappa shape index (κ2) is 12.9. The van der Waals surface area contributed by atoms with Crippen LogP contribution >= 0.6 is 11.8 Å². The van der Waals surface area contributed by atoms with E-state index in [0.717, 1.165) is 51.5 Å². The Kier molecular flexibility index (Phi) is 10.3. The fraction of sp³-hybridized carbons (Fsp3) is 0.704. The third kappa shape index (κ3) is 6.91. The molecule has 1 aromatic rings. The normalized spacial score (nSPS) is 27.3. The summed E-state index contributed by atoms with van der Waals surface area (Å²) in [5, 5.41) is 0. The highest BCUT2D eigenvalue weighted by atomic mass is 32.2. The zero-order valence-electron chi connectivity index (χ0n) is 21.9. The van der Waals surface area contributed by atoms with E-state index in [0.29, 0.717) is 17.6 Å². The maximum Gasteiger partial charge on any atom is 0.510 e. The van der Waals surface area contributed by atoms with Crippen LogP contribution < -0.4 is 0 Å². The van der Waals surface area contributed by atoms with E-state index in [4.69, 9.17) is 14.5 Å². The molecule has 0 spiro atoms. The maximum absolute atomic E-state index is 13.5. The molecule has 1 aromatic carbocycles. The minimum absolute atomic E-state index is 0.0175. The van der Waals surface area contributed by atoms with Crippen LogP contribution in [0.15, 0.2) is 29.3 Å². The third-order valence-electron chi connectivity index (χ3n) is 7.56. The van der Waals surface area contributed by atoms with Gasteiger partial charge in [-0.05, 0) is 75.6 Å². The highest BCUT2D eigenvalue weighted by Gasteiger charge is 2.49. The summed E-state index contributed by atoms with van der Waals surface area (Å²) in [5.74, 6) is 1.49. The van der Waals surface area contributed by atoms with Crippen LogP contribution in [0.4, 0.5) is 9.18 Å². The van der Waals surface area contributed by atoms with E-state index >= 15 is 0 Å². The Morgan fingerprint density at radius 2 is 1.94 bits per heavy atom. The molecule has 35 heavy (non-hydrogen) atoms. The molecule has 3 unspecified atom stereocenters. The van der Waals surface area contributed by atoms with Crippen LogP contribution in [0, 0.1) is 17.7 Å². The smallest absolute Gasteiger partial charge is 0.438 e. The first-order valence-corrected chi connectivity index (χ1v) is 14.2. The summed E-state index contributed by atoms with van der Waals surface area (Å²) in [7, 11) is 5.58. The molecular weight excluding hydrogens is 465 g/mol. The van der Waals surface area contributed by atoms with E-state index in [1.807, 2.05) is 24.7 Å². The van der Waals surface area contributed by atoms with Gasteiger partial charge in [-0.1, -0.05) is 38.3 Å². The molecule has 1 fully saturated rings. The molecule has 6 nitrogen and oxygen atoms in total. The van der Waals surface area contributed by atoms with E-state index in [1.54, 1.807) is 23.9 Å². The first-order valence-electron chi connectivity index (χ1n) is 12.8. The Bertz CT molecular complexity index is 829. The Morgan fingerprint density at radius 3 is 2.51 bits per heavy atom. The van der Waals surface area contributed by atoms with Gasteiger partial charge >= 0.3 is 6.16 Å². The van der Waals surface area contributed by atoms with Crippen LogP contribution in [0.25, 0.3) is 0 Å². The standard InChI is InChI=1S/C27H42FN3O3S/c1-6-7-16-31-19-29-27(18-35-5,34-26(32)33-4)24(31)17-20-8-10-21(11-9-20)25(30(2)3)22-12-14-23(28)15-13-22/h12-15,19-21,24-25H,6-11,16-18H2,1-5H3. The van der Waals surface area contributed by atoms with E-state index < -0.39 is 11.9 Å². The Hall–Kier alpha value is -1.80. The summed E-state index contributed by atoms with van der Waals surface area (Å²) in [4.78, 5) is 21.5. The molecule has 1 aliphatic heterocycles. The molecule has 1 saturated carbocycles. The number of methoxy groups -OCH3 is 1. The molecule has 3 rings (SSSR count). The van der Waals surface area contributed by atoms with Gasteiger partial charge in [0, 0.05) is 12.6 Å². The van der Waals surface area contributed by atoms with E-state index in [1.165, 1.54) is 12.7 Å². The van der Waals surface area contributed by atoms with Gasteiger partial charge in [-0.3, -0.25) is 0 Å². The van der Waals surface area contributed by atoms with Crippen LogP contribution in [0.3, 0.4) is 0 Å². The van der Waals surface area contributed by atoms with Crippen molar-refractivity contribution in [3.63, 3.8) is 0 Å². The minimum Gasteiger partial charge on any atom is -0.438 e. The number of ether oxygens (including phenoxy) is 2. The van der Waals surface area contributed by atoms with Crippen molar-refractivity contribution >= 4 is 24.3 Å². The monoisotopic (exact) mass is 507 g/mol. The highest BCUT2D eigenvalue weighted by Crippen LogP contribution is 2.43. The Labute approximate surface area is 214 Å². The Balaban J connectivity index is 1.71. The predicted octanol–water partition coefficient (Wildman–Crippen LogP) is 5.98. The number of nitrogens with zero attached hydrogens (tertiary/aromatic N) is 3. The van der Waals surface area contributed by atoms with Gasteiger partial charge in [0.05, 0.1) is 25.2 Å². The molecule has 1 heterocycles. The predicted molar refractivity (Wildman–Crippen MR) is 141 cm³/mol. The second-order valence-corrected chi connectivity index (χ2v) is 11.0. The van der Waals surface area contributed by atoms with Crippen molar-refractivity contribution in [2.45, 2.75) is 69.7 Å². The Morgan fingerprint density at radius 1 is 1.26 bits per heavy atom. The van der Waals surface area contributed by atoms with E-state index in [2.05, 4.69) is 30.8 Å². The lowest BCUT2D eigenvalue weighted by atomic mass is 9.74. The number of benzene rings is 1. The SMILES string of the molecule is CCCCN1C=NC(CSC)(OC(=O)OC)C1CC1CCC(C(c2ccc(F)cc2)N(C)C)CC1. The van der Waals surface area contributed by atoms with Crippen molar-refractivity contribution in [2.24, 2.45) is 16.8 Å². The van der Waals surface area contributed by atoms with Crippen LogP contribution in [-0.4, -0.2) is 73.8 Å². The number of halogens is 1. The summed E-state index contributed by atoms with van der Waals surface area (Å²) < 4.78 is 24.2. The maximum atomic E-state index is 13.5. The molecule has 0 radical (unpaired) electrons. The van der Waals surface area contributed by atoms with Crippen molar-refractivity contribution < 1.29 is 18.7 Å². The summed E-state index contributed by atoms with van der Waals surface area (Å²) in [6.45, 7) is 3.10. The number of hydrogen-bond acceptors (Lipinski definition) is 7. The molecule has 3 atom stereocenters. The number of rotatable bonds is 11. The number of carbonyl (C=O) groups excluding carboxylic acids is 1. The zero-order valence-corrected chi connectivity index (χ0v) is 22.7. The topological polar surface area (TPSA) is 54.4 Å².